The fourth-order valence-corrected chi connectivity index (χ4v) is 5.16. The fourth-order valence-electron chi connectivity index (χ4n) is 5.16. The van der Waals surface area contributed by atoms with Crippen molar-refractivity contribution in [2.75, 3.05) is 20.2 Å². The third-order valence-electron chi connectivity index (χ3n) is 7.06. The molecule has 5 nitrogen and oxygen atoms in total. The number of likely N-dealkylation sites (tertiary alicyclic amines) is 1. The highest BCUT2D eigenvalue weighted by Gasteiger charge is 2.37. The molecule has 0 bridgehead atoms. The Labute approximate surface area is 202 Å². The predicted molar refractivity (Wildman–Crippen MR) is 136 cm³/mol. The van der Waals surface area contributed by atoms with Gasteiger partial charge in [-0.2, -0.15) is 0 Å². The molecule has 1 saturated carbocycles. The maximum Gasteiger partial charge on any atom is 0.225 e. The van der Waals surface area contributed by atoms with Gasteiger partial charge in [-0.05, 0) is 68.5 Å². The van der Waals surface area contributed by atoms with Crippen LogP contribution in [-0.2, 0) is 17.9 Å². The molecular formula is C29H35N3O2. The summed E-state index contributed by atoms with van der Waals surface area (Å²) < 4.78 is 6.14. The first-order valence-electron chi connectivity index (χ1n) is 12.7. The van der Waals surface area contributed by atoms with Crippen LogP contribution in [0.3, 0.4) is 0 Å². The van der Waals surface area contributed by atoms with Crippen LogP contribution in [0.15, 0.2) is 60.8 Å². The standard InChI is InChI=1S/C29H35N3O2/c1-31(21-25-9-5-8-23-10-6-16-30-28(23)25)20-22-7-4-12-27(19-22)34-18-15-26-11-2-3-17-32(26)29(33)24-13-14-24/h4-10,12,16,19,24,26H,2-3,11,13-15,17-18,20-21H2,1H3/t26-/m1/s1. The van der Waals surface area contributed by atoms with Crippen molar-refractivity contribution >= 4 is 16.8 Å². The molecule has 1 amide bonds. The molecule has 1 atom stereocenters. The van der Waals surface area contributed by atoms with E-state index in [4.69, 9.17) is 4.74 Å². The summed E-state index contributed by atoms with van der Waals surface area (Å²) >= 11 is 0. The number of pyridine rings is 1. The molecule has 0 unspecified atom stereocenters. The molecule has 1 saturated heterocycles. The number of carbonyl (C=O) groups excluding carboxylic acids is 1. The number of aromatic nitrogens is 1. The van der Waals surface area contributed by atoms with Crippen molar-refractivity contribution in [3.05, 3.63) is 71.9 Å². The minimum absolute atomic E-state index is 0.305. The Hall–Kier alpha value is -2.92. The van der Waals surface area contributed by atoms with Gasteiger partial charge in [0, 0.05) is 49.6 Å². The molecule has 2 fully saturated rings. The van der Waals surface area contributed by atoms with Crippen LogP contribution in [0.5, 0.6) is 5.75 Å². The number of hydrogen-bond acceptors (Lipinski definition) is 4. The topological polar surface area (TPSA) is 45.7 Å². The van der Waals surface area contributed by atoms with Crippen molar-refractivity contribution in [2.45, 2.75) is 57.7 Å². The average molecular weight is 458 g/mol. The highest BCUT2D eigenvalue weighted by Crippen LogP contribution is 2.34. The van der Waals surface area contributed by atoms with Gasteiger partial charge < -0.3 is 9.64 Å². The minimum Gasteiger partial charge on any atom is -0.494 e. The van der Waals surface area contributed by atoms with Crippen molar-refractivity contribution in [1.29, 1.82) is 0 Å². The van der Waals surface area contributed by atoms with Crippen LogP contribution in [0.25, 0.3) is 10.9 Å². The molecule has 5 rings (SSSR count). The highest BCUT2D eigenvalue weighted by molar-refractivity contribution is 5.82. The van der Waals surface area contributed by atoms with Crippen molar-refractivity contribution in [1.82, 2.24) is 14.8 Å². The van der Waals surface area contributed by atoms with Crippen LogP contribution in [0, 0.1) is 5.92 Å². The van der Waals surface area contributed by atoms with E-state index < -0.39 is 0 Å². The van der Waals surface area contributed by atoms with E-state index in [2.05, 4.69) is 64.3 Å². The number of piperidine rings is 1. The van der Waals surface area contributed by atoms with Gasteiger partial charge in [-0.1, -0.05) is 36.4 Å². The monoisotopic (exact) mass is 457 g/mol. The molecule has 34 heavy (non-hydrogen) atoms. The zero-order chi connectivity index (χ0) is 23.3. The molecule has 3 aromatic rings. The van der Waals surface area contributed by atoms with Crippen LogP contribution in [0.4, 0.5) is 0 Å². The van der Waals surface area contributed by atoms with Gasteiger partial charge in [-0.25, -0.2) is 0 Å². The second kappa shape index (κ2) is 10.6. The Balaban J connectivity index is 1.15. The molecule has 1 aromatic heterocycles. The Kier molecular flexibility index (Phi) is 7.10. The van der Waals surface area contributed by atoms with E-state index in [9.17, 15) is 4.79 Å². The van der Waals surface area contributed by atoms with E-state index in [1.807, 2.05) is 18.3 Å². The van der Waals surface area contributed by atoms with Gasteiger partial charge in [0.25, 0.3) is 0 Å². The maximum absolute atomic E-state index is 12.6. The summed E-state index contributed by atoms with van der Waals surface area (Å²) in [5.41, 5.74) is 3.55. The van der Waals surface area contributed by atoms with Crippen molar-refractivity contribution in [3.8, 4) is 5.75 Å². The molecule has 2 aromatic carbocycles. The molecule has 2 heterocycles. The predicted octanol–water partition coefficient (Wildman–Crippen LogP) is 5.43. The number of ether oxygens (including phenoxy) is 1. The van der Waals surface area contributed by atoms with Gasteiger partial charge in [0.15, 0.2) is 0 Å². The lowest BCUT2D eigenvalue weighted by Gasteiger charge is -2.36. The number of carbonyl (C=O) groups is 1. The van der Waals surface area contributed by atoms with Crippen LogP contribution in [0.1, 0.15) is 49.7 Å². The number of hydrogen-bond donors (Lipinski definition) is 0. The van der Waals surface area contributed by atoms with Gasteiger partial charge in [0.05, 0.1) is 12.1 Å². The number of nitrogens with zero attached hydrogens (tertiary/aromatic N) is 3. The fraction of sp³-hybridized carbons (Fsp3) is 0.448. The van der Waals surface area contributed by atoms with E-state index in [0.717, 1.165) is 63.0 Å². The highest BCUT2D eigenvalue weighted by atomic mass is 16.5. The van der Waals surface area contributed by atoms with Crippen molar-refractivity contribution < 1.29 is 9.53 Å². The number of benzene rings is 2. The van der Waals surface area contributed by atoms with Crippen molar-refractivity contribution in [2.24, 2.45) is 5.92 Å². The summed E-state index contributed by atoms with van der Waals surface area (Å²) in [5, 5.41) is 1.18. The third kappa shape index (κ3) is 5.58. The molecule has 0 radical (unpaired) electrons. The minimum atomic E-state index is 0.305. The Bertz CT molecular complexity index is 1120. The quantitative estimate of drug-likeness (QED) is 0.430. The van der Waals surface area contributed by atoms with E-state index in [1.165, 1.54) is 22.9 Å². The Morgan fingerprint density at radius 1 is 1.06 bits per heavy atom. The van der Waals surface area contributed by atoms with Gasteiger partial charge in [-0.15, -0.1) is 0 Å². The summed E-state index contributed by atoms with van der Waals surface area (Å²) in [5.74, 6) is 1.60. The SMILES string of the molecule is CN(Cc1cccc(OCC[C@H]2CCCCN2C(=O)C2CC2)c1)Cc1cccc2cccnc12. The van der Waals surface area contributed by atoms with E-state index in [1.54, 1.807) is 0 Å². The molecule has 178 valence electrons. The first-order chi connectivity index (χ1) is 16.7. The lowest BCUT2D eigenvalue weighted by Crippen LogP contribution is -2.45. The third-order valence-corrected chi connectivity index (χ3v) is 7.06. The molecule has 1 aliphatic carbocycles. The van der Waals surface area contributed by atoms with E-state index in [0.29, 0.717) is 24.5 Å². The van der Waals surface area contributed by atoms with Crippen LogP contribution < -0.4 is 4.74 Å². The maximum atomic E-state index is 12.6. The summed E-state index contributed by atoms with van der Waals surface area (Å²) in [4.78, 5) is 21.7. The Morgan fingerprint density at radius 2 is 1.91 bits per heavy atom. The lowest BCUT2D eigenvalue weighted by molar-refractivity contribution is -0.136. The molecule has 5 heteroatoms. The van der Waals surface area contributed by atoms with Crippen LogP contribution >= 0.6 is 0 Å². The smallest absolute Gasteiger partial charge is 0.225 e. The summed E-state index contributed by atoms with van der Waals surface area (Å²) in [6.45, 7) is 3.26. The molecule has 2 aliphatic rings. The molecule has 0 spiro atoms. The zero-order valence-electron chi connectivity index (χ0n) is 20.2. The van der Waals surface area contributed by atoms with E-state index in [-0.39, 0.29) is 0 Å². The molecule has 1 aliphatic heterocycles. The van der Waals surface area contributed by atoms with Gasteiger partial charge in [0.2, 0.25) is 5.91 Å². The lowest BCUT2D eigenvalue weighted by atomic mass is 9.99. The normalized spacial score (nSPS) is 18.4. The zero-order valence-corrected chi connectivity index (χ0v) is 20.2. The first-order valence-corrected chi connectivity index (χ1v) is 12.7. The van der Waals surface area contributed by atoms with Crippen LogP contribution in [0.2, 0.25) is 0 Å². The summed E-state index contributed by atoms with van der Waals surface area (Å²) in [6.07, 6.45) is 8.40. The summed E-state index contributed by atoms with van der Waals surface area (Å²) in [6, 6.07) is 19.2. The second-order valence-electron chi connectivity index (χ2n) is 9.90. The van der Waals surface area contributed by atoms with Crippen molar-refractivity contribution in [3.63, 3.8) is 0 Å². The van der Waals surface area contributed by atoms with Gasteiger partial charge in [0.1, 0.15) is 5.75 Å². The average Bonchev–Trinajstić information content (AvgIpc) is 3.70. The molecule has 0 N–H and O–H groups in total. The van der Waals surface area contributed by atoms with E-state index >= 15 is 0 Å². The van der Waals surface area contributed by atoms with Gasteiger partial charge >= 0.3 is 0 Å². The largest absolute Gasteiger partial charge is 0.494 e. The molecular weight excluding hydrogens is 422 g/mol. The Morgan fingerprint density at radius 3 is 2.79 bits per heavy atom. The first kappa shape index (κ1) is 22.9. The second-order valence-corrected chi connectivity index (χ2v) is 9.90. The number of para-hydroxylation sites is 1. The number of fused-ring (bicyclic) bond motifs is 1. The number of amides is 1. The summed E-state index contributed by atoms with van der Waals surface area (Å²) in [7, 11) is 2.14. The van der Waals surface area contributed by atoms with Crippen LogP contribution in [-0.4, -0.2) is 46.9 Å². The van der Waals surface area contributed by atoms with Gasteiger partial charge in [-0.3, -0.25) is 14.7 Å². The number of rotatable bonds is 9.